The average Bonchev–Trinajstić information content (AvgIpc) is 3.40. The first-order valence-corrected chi connectivity index (χ1v) is 14.0. The Hall–Kier alpha value is -3.15. The lowest BCUT2D eigenvalue weighted by atomic mass is 9.78. The van der Waals surface area contributed by atoms with Crippen LogP contribution >= 0.6 is 23.1 Å². The van der Waals surface area contributed by atoms with E-state index >= 15 is 0 Å². The summed E-state index contributed by atoms with van der Waals surface area (Å²) < 4.78 is 17.4. The molecule has 0 spiro atoms. The summed E-state index contributed by atoms with van der Waals surface area (Å²) in [5.41, 5.74) is 2.90. The van der Waals surface area contributed by atoms with Gasteiger partial charge in [-0.15, -0.1) is 11.3 Å². The molecule has 1 aromatic carbocycles. The van der Waals surface area contributed by atoms with Crippen LogP contribution < -0.4 is 0 Å². The number of hydrogen-bond donors (Lipinski definition) is 1. The van der Waals surface area contributed by atoms with Crippen LogP contribution in [0.1, 0.15) is 19.4 Å². The largest absolute Gasteiger partial charge is 0.508 e. The minimum absolute atomic E-state index is 0.00680. The molecule has 0 bridgehead atoms. The van der Waals surface area contributed by atoms with Gasteiger partial charge in [0.25, 0.3) is 0 Å². The first-order chi connectivity index (χ1) is 18.3. The number of aromatic nitrogens is 1. The van der Waals surface area contributed by atoms with Crippen molar-refractivity contribution in [2.75, 3.05) is 25.6 Å². The maximum atomic E-state index is 13.2. The SMILES string of the molecule is C=CCOC(=O)O[C@H](C)[C@H]1C(=O)N2C(C(=O)OCC=C)=C(CSc3nc4cc(CCO)ccc4s3)[C@H](C)[C@H]12. The third-order valence-corrected chi connectivity index (χ3v) is 8.84. The van der Waals surface area contributed by atoms with Crippen LogP contribution in [0, 0.1) is 11.8 Å². The molecule has 0 radical (unpaired) electrons. The lowest BCUT2D eigenvalue weighted by Gasteiger charge is -2.47. The molecule has 202 valence electrons. The standard InChI is InChI=1S/C27H30N2O7S2/c1-5-11-34-25(32)23-18(14-37-26-28-19-13-17(9-10-30)7-8-20(19)38-26)15(3)22-21(24(31)29(22)23)16(4)36-27(33)35-12-6-2/h5-8,13,15-16,21-22,30H,1-2,9-12,14H2,3-4H3/t15-,16+,21+,22+/m0/s1. The number of thioether (sulfide) groups is 1. The number of aliphatic hydroxyl groups is 1. The van der Waals surface area contributed by atoms with E-state index < -0.39 is 24.1 Å². The van der Waals surface area contributed by atoms with Gasteiger partial charge >= 0.3 is 12.1 Å². The zero-order valence-corrected chi connectivity index (χ0v) is 22.9. The van der Waals surface area contributed by atoms with Gasteiger partial charge < -0.3 is 24.2 Å². The van der Waals surface area contributed by atoms with Crippen molar-refractivity contribution in [3.63, 3.8) is 0 Å². The summed E-state index contributed by atoms with van der Waals surface area (Å²) in [4.78, 5) is 44.4. The van der Waals surface area contributed by atoms with E-state index in [1.54, 1.807) is 18.3 Å². The van der Waals surface area contributed by atoms with Gasteiger partial charge in [-0.05, 0) is 36.6 Å². The number of aliphatic hydroxyl groups excluding tert-OH is 1. The maximum absolute atomic E-state index is 13.2. The van der Waals surface area contributed by atoms with Gasteiger partial charge in [-0.2, -0.15) is 0 Å². The second-order valence-electron chi connectivity index (χ2n) is 8.99. The Kier molecular flexibility index (Phi) is 8.91. The molecular weight excluding hydrogens is 528 g/mol. The maximum Gasteiger partial charge on any atom is 0.508 e. The van der Waals surface area contributed by atoms with Gasteiger partial charge in [-0.3, -0.25) is 4.79 Å². The molecule has 2 aliphatic rings. The Labute approximate surface area is 229 Å². The molecule has 1 N–H and O–H groups in total. The second kappa shape index (κ2) is 12.1. The molecule has 38 heavy (non-hydrogen) atoms. The van der Waals surface area contributed by atoms with Gasteiger partial charge in [0.1, 0.15) is 25.0 Å². The number of ether oxygens (including phenoxy) is 3. The molecule has 3 heterocycles. The summed E-state index contributed by atoms with van der Waals surface area (Å²) in [6.45, 7) is 10.8. The molecule has 0 saturated carbocycles. The Bertz CT molecular complexity index is 1290. The van der Waals surface area contributed by atoms with Gasteiger partial charge in [0.05, 0.1) is 22.2 Å². The molecule has 1 aromatic heterocycles. The predicted molar refractivity (Wildman–Crippen MR) is 145 cm³/mol. The minimum Gasteiger partial charge on any atom is -0.457 e. The highest BCUT2D eigenvalue weighted by Crippen LogP contribution is 2.49. The summed E-state index contributed by atoms with van der Waals surface area (Å²) in [7, 11) is 0. The second-order valence-corrected chi connectivity index (χ2v) is 11.2. The van der Waals surface area contributed by atoms with Crippen molar-refractivity contribution in [1.82, 2.24) is 9.88 Å². The summed E-state index contributed by atoms with van der Waals surface area (Å²) in [6, 6.07) is 5.60. The number of amides is 1. The monoisotopic (exact) mass is 558 g/mol. The molecule has 2 aliphatic heterocycles. The highest BCUT2D eigenvalue weighted by Gasteiger charge is 2.61. The number of rotatable bonds is 12. The van der Waals surface area contributed by atoms with Gasteiger partial charge in [0.2, 0.25) is 5.91 Å². The molecule has 9 nitrogen and oxygen atoms in total. The van der Waals surface area contributed by atoms with Crippen molar-refractivity contribution >= 4 is 51.3 Å². The highest BCUT2D eigenvalue weighted by molar-refractivity contribution is 8.01. The molecule has 0 unspecified atom stereocenters. The Morgan fingerprint density at radius 2 is 2.00 bits per heavy atom. The van der Waals surface area contributed by atoms with Crippen molar-refractivity contribution in [2.24, 2.45) is 11.8 Å². The minimum atomic E-state index is -0.873. The average molecular weight is 559 g/mol. The quantitative estimate of drug-likeness (QED) is 0.178. The number of carbonyl (C=O) groups is 3. The summed E-state index contributed by atoms with van der Waals surface area (Å²) >= 11 is 3.04. The van der Waals surface area contributed by atoms with Crippen LogP contribution in [0.3, 0.4) is 0 Å². The number of esters is 1. The van der Waals surface area contributed by atoms with Crippen molar-refractivity contribution in [1.29, 1.82) is 0 Å². The molecule has 11 heteroatoms. The van der Waals surface area contributed by atoms with Crippen LogP contribution in [0.2, 0.25) is 0 Å². The Morgan fingerprint density at radius 3 is 2.71 bits per heavy atom. The lowest BCUT2D eigenvalue weighted by molar-refractivity contribution is -0.164. The zero-order chi connectivity index (χ0) is 27.4. The van der Waals surface area contributed by atoms with E-state index in [9.17, 15) is 19.5 Å². The van der Waals surface area contributed by atoms with Crippen molar-refractivity contribution < 1.29 is 33.7 Å². The van der Waals surface area contributed by atoms with Crippen molar-refractivity contribution in [3.05, 3.63) is 60.3 Å². The summed E-state index contributed by atoms with van der Waals surface area (Å²) in [6.07, 6.45) is 1.85. The molecule has 1 saturated heterocycles. The summed E-state index contributed by atoms with van der Waals surface area (Å²) in [5, 5.41) is 9.22. The predicted octanol–water partition coefficient (Wildman–Crippen LogP) is 4.11. The first-order valence-electron chi connectivity index (χ1n) is 12.2. The van der Waals surface area contributed by atoms with E-state index in [0.29, 0.717) is 12.2 Å². The van der Waals surface area contributed by atoms with Crippen LogP contribution in [-0.4, -0.2) is 70.7 Å². The molecule has 0 aliphatic carbocycles. The van der Waals surface area contributed by atoms with Gasteiger partial charge in [-0.1, -0.05) is 50.1 Å². The molecule has 4 rings (SSSR count). The number of nitrogens with zero attached hydrogens (tertiary/aromatic N) is 2. The van der Waals surface area contributed by atoms with E-state index in [-0.39, 0.29) is 43.4 Å². The summed E-state index contributed by atoms with van der Waals surface area (Å²) in [5.74, 6) is -1.23. The molecule has 1 amide bonds. The van der Waals surface area contributed by atoms with E-state index in [1.165, 1.54) is 28.8 Å². The number of carbonyl (C=O) groups excluding carboxylic acids is 3. The van der Waals surface area contributed by atoms with Crippen LogP contribution in [0.25, 0.3) is 10.2 Å². The number of hydrogen-bond acceptors (Lipinski definition) is 10. The van der Waals surface area contributed by atoms with E-state index in [0.717, 1.165) is 25.7 Å². The third-order valence-electron chi connectivity index (χ3n) is 6.61. The van der Waals surface area contributed by atoms with Crippen LogP contribution in [0.5, 0.6) is 0 Å². The Balaban J connectivity index is 1.54. The Morgan fingerprint density at radius 1 is 1.26 bits per heavy atom. The van der Waals surface area contributed by atoms with E-state index in [2.05, 4.69) is 13.2 Å². The van der Waals surface area contributed by atoms with Gasteiger partial charge in [0.15, 0.2) is 4.34 Å². The third kappa shape index (κ3) is 5.50. The topological polar surface area (TPSA) is 115 Å². The van der Waals surface area contributed by atoms with Gasteiger partial charge in [0, 0.05) is 18.3 Å². The molecule has 1 fully saturated rings. The number of thiazole rings is 1. The molecule has 4 atom stereocenters. The van der Waals surface area contributed by atoms with Gasteiger partial charge in [-0.25, -0.2) is 14.6 Å². The van der Waals surface area contributed by atoms with Crippen LogP contribution in [0.15, 0.2) is 59.1 Å². The fourth-order valence-corrected chi connectivity index (χ4v) is 7.04. The zero-order valence-electron chi connectivity index (χ0n) is 21.3. The number of β-lactam (4-membered cyclic amide) rings is 1. The van der Waals surface area contributed by atoms with Crippen LogP contribution in [0.4, 0.5) is 4.79 Å². The molecular formula is C27H30N2O7S2. The smallest absolute Gasteiger partial charge is 0.457 e. The fraction of sp³-hybridized carbons (Fsp3) is 0.407. The van der Waals surface area contributed by atoms with E-state index in [1.807, 2.05) is 25.1 Å². The van der Waals surface area contributed by atoms with Crippen molar-refractivity contribution in [2.45, 2.75) is 36.8 Å². The lowest BCUT2D eigenvalue weighted by Crippen LogP contribution is -2.64. The molecule has 2 aromatic rings. The van der Waals surface area contributed by atoms with Crippen LogP contribution in [-0.2, 0) is 30.2 Å². The van der Waals surface area contributed by atoms with Crippen molar-refractivity contribution in [3.8, 4) is 0 Å². The normalized spacial score (nSPS) is 21.1. The fourth-order valence-electron chi connectivity index (χ4n) is 4.84. The number of fused-ring (bicyclic) bond motifs is 2. The highest BCUT2D eigenvalue weighted by atomic mass is 32.2. The number of benzene rings is 1. The van der Waals surface area contributed by atoms with E-state index in [4.69, 9.17) is 19.2 Å². The first kappa shape index (κ1) is 27.9.